The normalized spacial score (nSPS) is 11.5. The molecule has 2 rings (SSSR count). The van der Waals surface area contributed by atoms with E-state index in [1.807, 2.05) is 44.2 Å². The van der Waals surface area contributed by atoms with Crippen molar-refractivity contribution in [2.45, 2.75) is 39.7 Å². The summed E-state index contributed by atoms with van der Waals surface area (Å²) < 4.78 is 10.7. The molecule has 0 spiro atoms. The van der Waals surface area contributed by atoms with Gasteiger partial charge in [0.2, 0.25) is 0 Å². The number of benzene rings is 2. The van der Waals surface area contributed by atoms with Crippen molar-refractivity contribution in [1.29, 1.82) is 5.26 Å². The Kier molecular flexibility index (Phi) is 8.79. The molecule has 0 saturated heterocycles. The van der Waals surface area contributed by atoms with Crippen molar-refractivity contribution in [2.75, 3.05) is 7.11 Å². The fourth-order valence-corrected chi connectivity index (χ4v) is 2.81. The number of carbonyl (C=O) groups excluding carboxylic acids is 2. The summed E-state index contributed by atoms with van der Waals surface area (Å²) >= 11 is 0. The third kappa shape index (κ3) is 7.13. The molecule has 2 aromatic rings. The van der Waals surface area contributed by atoms with Gasteiger partial charge in [0.15, 0.2) is 11.5 Å². The highest BCUT2D eigenvalue weighted by Crippen LogP contribution is 2.29. The van der Waals surface area contributed by atoms with Gasteiger partial charge in [0, 0.05) is 12.1 Å². The second-order valence-corrected chi connectivity index (χ2v) is 7.78. The molecule has 0 unspecified atom stereocenters. The van der Waals surface area contributed by atoms with Gasteiger partial charge in [-0.1, -0.05) is 44.2 Å². The van der Waals surface area contributed by atoms with Crippen molar-refractivity contribution in [2.24, 2.45) is 0 Å². The Labute approximate surface area is 189 Å². The molecule has 0 aliphatic heterocycles. The molecule has 0 radical (unpaired) electrons. The molecular formula is C26H28N2O4. The highest BCUT2D eigenvalue weighted by Gasteiger charge is 2.12. The summed E-state index contributed by atoms with van der Waals surface area (Å²) in [6.07, 6.45) is 4.48. The zero-order chi connectivity index (χ0) is 23.7. The summed E-state index contributed by atoms with van der Waals surface area (Å²) in [5.74, 6) is -0.0165. The van der Waals surface area contributed by atoms with Crippen LogP contribution < -0.4 is 14.8 Å². The largest absolute Gasteiger partial charge is 0.493 e. The van der Waals surface area contributed by atoms with E-state index < -0.39 is 11.9 Å². The van der Waals surface area contributed by atoms with Gasteiger partial charge in [-0.05, 0) is 60.7 Å². The van der Waals surface area contributed by atoms with Gasteiger partial charge in [0.1, 0.15) is 11.6 Å². The molecule has 0 saturated carbocycles. The van der Waals surface area contributed by atoms with Crippen LogP contribution in [-0.2, 0) is 9.59 Å². The van der Waals surface area contributed by atoms with Crippen molar-refractivity contribution in [3.8, 4) is 17.6 Å². The van der Waals surface area contributed by atoms with E-state index in [9.17, 15) is 14.9 Å². The number of ether oxygens (including phenoxy) is 2. The van der Waals surface area contributed by atoms with Crippen molar-refractivity contribution in [3.05, 3.63) is 70.8 Å². The zero-order valence-electron chi connectivity index (χ0n) is 19.0. The number of rotatable bonds is 8. The minimum atomic E-state index is -0.548. The number of amides is 1. The molecule has 1 N–H and O–H groups in total. The quantitative estimate of drug-likeness (QED) is 0.278. The molecule has 166 valence electrons. The second kappa shape index (κ2) is 11.5. The summed E-state index contributed by atoms with van der Waals surface area (Å²) in [5.41, 5.74) is 2.65. The van der Waals surface area contributed by atoms with Gasteiger partial charge in [-0.15, -0.1) is 0 Å². The molecule has 6 heteroatoms. The SMILES string of the molecule is COc1cc(/C=C(\C#N)C(=O)NC(C)C)ccc1OC(=O)/C=C/c1ccc(C(C)C)cc1. The maximum absolute atomic E-state index is 12.3. The van der Waals surface area contributed by atoms with Crippen LogP contribution in [0, 0.1) is 11.3 Å². The summed E-state index contributed by atoms with van der Waals surface area (Å²) in [7, 11) is 1.45. The average Bonchev–Trinajstić information content (AvgIpc) is 2.76. The van der Waals surface area contributed by atoms with Crippen LogP contribution in [0.5, 0.6) is 11.5 Å². The highest BCUT2D eigenvalue weighted by atomic mass is 16.6. The first kappa shape index (κ1) is 24.4. The van der Waals surface area contributed by atoms with Crippen LogP contribution in [0.4, 0.5) is 0 Å². The van der Waals surface area contributed by atoms with Gasteiger partial charge in [-0.25, -0.2) is 4.79 Å². The molecule has 0 aromatic heterocycles. The number of carbonyl (C=O) groups is 2. The fourth-order valence-electron chi connectivity index (χ4n) is 2.81. The first-order chi connectivity index (χ1) is 15.2. The summed E-state index contributed by atoms with van der Waals surface area (Å²) in [6, 6.07) is 14.6. The standard InChI is InChI=1S/C26H28N2O4/c1-17(2)21-10-6-19(7-11-21)9-13-25(29)32-23-12-8-20(15-24(23)31-5)14-22(16-27)26(30)28-18(3)4/h6-15,17-18H,1-5H3,(H,28,30)/b13-9+,22-14+. The summed E-state index contributed by atoms with van der Waals surface area (Å²) in [4.78, 5) is 24.3. The molecular weight excluding hydrogens is 404 g/mol. The lowest BCUT2D eigenvalue weighted by atomic mass is 10.0. The van der Waals surface area contributed by atoms with Crippen molar-refractivity contribution in [3.63, 3.8) is 0 Å². The molecule has 0 fully saturated rings. The fraction of sp³-hybridized carbons (Fsp3) is 0.269. The Bertz CT molecular complexity index is 1060. The van der Waals surface area contributed by atoms with Crippen LogP contribution in [0.2, 0.25) is 0 Å². The average molecular weight is 433 g/mol. The lowest BCUT2D eigenvalue weighted by molar-refractivity contribution is -0.129. The van der Waals surface area contributed by atoms with Crippen LogP contribution in [0.25, 0.3) is 12.2 Å². The zero-order valence-corrected chi connectivity index (χ0v) is 19.0. The topological polar surface area (TPSA) is 88.4 Å². The highest BCUT2D eigenvalue weighted by molar-refractivity contribution is 6.01. The molecule has 1 amide bonds. The van der Waals surface area contributed by atoms with Crippen LogP contribution in [0.15, 0.2) is 54.1 Å². The van der Waals surface area contributed by atoms with Crippen molar-refractivity contribution < 1.29 is 19.1 Å². The molecule has 32 heavy (non-hydrogen) atoms. The van der Waals surface area contributed by atoms with E-state index in [4.69, 9.17) is 9.47 Å². The second-order valence-electron chi connectivity index (χ2n) is 7.78. The first-order valence-corrected chi connectivity index (χ1v) is 10.3. The maximum atomic E-state index is 12.3. The summed E-state index contributed by atoms with van der Waals surface area (Å²) in [5, 5.41) is 12.0. The van der Waals surface area contributed by atoms with E-state index in [1.54, 1.807) is 24.3 Å². The van der Waals surface area contributed by atoms with Gasteiger partial charge >= 0.3 is 5.97 Å². The van der Waals surface area contributed by atoms with Gasteiger partial charge in [-0.2, -0.15) is 5.26 Å². The third-order valence-electron chi connectivity index (χ3n) is 4.51. The van der Waals surface area contributed by atoms with E-state index in [0.717, 1.165) is 5.56 Å². The number of nitrogens with zero attached hydrogens (tertiary/aromatic N) is 1. The Morgan fingerprint density at radius 2 is 1.66 bits per heavy atom. The number of nitrogens with one attached hydrogen (secondary N) is 1. The minimum Gasteiger partial charge on any atom is -0.493 e. The Hall–Kier alpha value is -3.85. The number of hydrogen-bond acceptors (Lipinski definition) is 5. The summed E-state index contributed by atoms with van der Waals surface area (Å²) in [6.45, 7) is 7.87. The Morgan fingerprint density at radius 1 is 1.00 bits per heavy atom. The lowest BCUT2D eigenvalue weighted by Crippen LogP contribution is -2.30. The number of hydrogen-bond donors (Lipinski definition) is 1. The molecule has 0 atom stereocenters. The first-order valence-electron chi connectivity index (χ1n) is 10.3. The number of esters is 1. The molecule has 0 aliphatic carbocycles. The maximum Gasteiger partial charge on any atom is 0.336 e. The molecule has 0 aliphatic rings. The lowest BCUT2D eigenvalue weighted by Gasteiger charge is -2.10. The predicted molar refractivity (Wildman–Crippen MR) is 125 cm³/mol. The Balaban J connectivity index is 2.13. The van der Waals surface area contributed by atoms with Gasteiger partial charge in [0.25, 0.3) is 5.91 Å². The predicted octanol–water partition coefficient (Wildman–Crippen LogP) is 4.87. The number of methoxy groups -OCH3 is 1. The third-order valence-corrected chi connectivity index (χ3v) is 4.51. The Morgan fingerprint density at radius 3 is 2.22 bits per heavy atom. The molecule has 0 bridgehead atoms. The van der Waals surface area contributed by atoms with E-state index in [1.165, 1.54) is 24.8 Å². The molecule has 6 nitrogen and oxygen atoms in total. The minimum absolute atomic E-state index is 0.0306. The number of nitriles is 1. The van der Waals surface area contributed by atoms with Crippen LogP contribution in [-0.4, -0.2) is 25.0 Å². The van der Waals surface area contributed by atoms with Crippen molar-refractivity contribution >= 4 is 24.0 Å². The van der Waals surface area contributed by atoms with Gasteiger partial charge < -0.3 is 14.8 Å². The molecule has 0 heterocycles. The van der Waals surface area contributed by atoms with Crippen LogP contribution >= 0.6 is 0 Å². The van der Waals surface area contributed by atoms with E-state index in [0.29, 0.717) is 17.2 Å². The smallest absolute Gasteiger partial charge is 0.336 e. The monoisotopic (exact) mass is 432 g/mol. The molecule has 2 aromatic carbocycles. The van der Waals surface area contributed by atoms with E-state index in [2.05, 4.69) is 19.2 Å². The van der Waals surface area contributed by atoms with Crippen LogP contribution in [0.3, 0.4) is 0 Å². The van der Waals surface area contributed by atoms with Gasteiger partial charge in [0.05, 0.1) is 7.11 Å². The van der Waals surface area contributed by atoms with Crippen LogP contribution in [0.1, 0.15) is 50.3 Å². The van der Waals surface area contributed by atoms with Crippen molar-refractivity contribution in [1.82, 2.24) is 5.32 Å². The van der Waals surface area contributed by atoms with E-state index >= 15 is 0 Å². The van der Waals surface area contributed by atoms with Gasteiger partial charge in [-0.3, -0.25) is 4.79 Å². The van der Waals surface area contributed by atoms with E-state index in [-0.39, 0.29) is 17.4 Å².